The molecule has 0 saturated heterocycles. The Bertz CT molecular complexity index is 1060. The van der Waals surface area contributed by atoms with E-state index in [0.717, 1.165) is 36.8 Å². The Kier molecular flexibility index (Phi) is 7.42. The average molecular weight is 432 g/mol. The highest BCUT2D eigenvalue weighted by atomic mass is 16.4. The number of hydrogen-bond acceptors (Lipinski definition) is 4. The summed E-state index contributed by atoms with van der Waals surface area (Å²) in [5.41, 5.74) is 8.60. The van der Waals surface area contributed by atoms with Gasteiger partial charge >= 0.3 is 5.97 Å². The normalized spacial score (nSPS) is 15.6. The van der Waals surface area contributed by atoms with Crippen molar-refractivity contribution in [1.82, 2.24) is 4.98 Å². The number of nitriles is 1. The van der Waals surface area contributed by atoms with Crippen molar-refractivity contribution in [2.75, 3.05) is 0 Å². The highest BCUT2D eigenvalue weighted by Gasteiger charge is 2.44. The maximum absolute atomic E-state index is 12.5. The molecule has 0 unspecified atom stereocenters. The van der Waals surface area contributed by atoms with Gasteiger partial charge in [0.2, 0.25) is 5.91 Å². The number of aromatic nitrogens is 1. The number of nitrogens with two attached hydrogens (primary N) is 1. The summed E-state index contributed by atoms with van der Waals surface area (Å²) < 4.78 is 0. The van der Waals surface area contributed by atoms with Crippen molar-refractivity contribution in [3.05, 3.63) is 64.9 Å². The summed E-state index contributed by atoms with van der Waals surface area (Å²) in [6.07, 6.45) is 7.07. The summed E-state index contributed by atoms with van der Waals surface area (Å²) in [4.78, 5) is 29.3. The second kappa shape index (κ2) is 10.2. The third-order valence-electron chi connectivity index (χ3n) is 6.44. The van der Waals surface area contributed by atoms with E-state index in [1.54, 1.807) is 24.4 Å². The van der Waals surface area contributed by atoms with Gasteiger partial charge in [0.05, 0.1) is 22.7 Å². The summed E-state index contributed by atoms with van der Waals surface area (Å²) in [5, 5.41) is 19.4. The van der Waals surface area contributed by atoms with Crippen LogP contribution < -0.4 is 5.73 Å². The molecule has 2 aromatic rings. The first-order valence-corrected chi connectivity index (χ1v) is 11.1. The van der Waals surface area contributed by atoms with Crippen LogP contribution in [0.5, 0.6) is 0 Å². The molecule has 0 spiro atoms. The van der Waals surface area contributed by atoms with Crippen molar-refractivity contribution in [2.24, 2.45) is 11.1 Å². The van der Waals surface area contributed by atoms with Crippen LogP contribution in [0.2, 0.25) is 0 Å². The molecule has 1 fully saturated rings. The van der Waals surface area contributed by atoms with Gasteiger partial charge < -0.3 is 10.8 Å². The van der Waals surface area contributed by atoms with E-state index in [1.807, 2.05) is 25.1 Å². The smallest absolute Gasteiger partial charge is 0.331 e. The Morgan fingerprint density at radius 2 is 1.91 bits per heavy atom. The second-order valence-electron chi connectivity index (χ2n) is 8.41. The van der Waals surface area contributed by atoms with Crippen molar-refractivity contribution in [1.29, 1.82) is 5.26 Å². The number of benzene rings is 1. The quantitative estimate of drug-likeness (QED) is 0.554. The first-order chi connectivity index (χ1) is 15.4. The lowest BCUT2D eigenvalue weighted by atomic mass is 9.72. The number of carbonyl (C=O) groups is 2. The SMILES string of the molecule is CCCC/C(=C(/Cc1ccc(-c2ccccc2C#N)nc1)C(=O)O)C1(C(N)=O)CCCC1. The van der Waals surface area contributed by atoms with Crippen LogP contribution in [0.25, 0.3) is 11.3 Å². The fourth-order valence-electron chi connectivity index (χ4n) is 4.72. The van der Waals surface area contributed by atoms with E-state index >= 15 is 0 Å². The number of rotatable bonds is 9. The maximum atomic E-state index is 12.5. The maximum Gasteiger partial charge on any atom is 0.331 e. The number of carboxylic acid groups (broad SMARTS) is 1. The Labute approximate surface area is 188 Å². The summed E-state index contributed by atoms with van der Waals surface area (Å²) in [6, 6.07) is 13.0. The summed E-state index contributed by atoms with van der Waals surface area (Å²) in [5.74, 6) is -1.43. The third kappa shape index (κ3) is 4.72. The molecule has 1 saturated carbocycles. The van der Waals surface area contributed by atoms with Crippen LogP contribution in [0.15, 0.2) is 53.7 Å². The van der Waals surface area contributed by atoms with Gasteiger partial charge in [-0.05, 0) is 49.0 Å². The zero-order valence-electron chi connectivity index (χ0n) is 18.4. The molecule has 0 bridgehead atoms. The van der Waals surface area contributed by atoms with E-state index in [2.05, 4.69) is 11.1 Å². The lowest BCUT2D eigenvalue weighted by Crippen LogP contribution is -2.38. The topological polar surface area (TPSA) is 117 Å². The molecule has 3 N–H and O–H groups in total. The lowest BCUT2D eigenvalue weighted by molar-refractivity contribution is -0.133. The zero-order chi connectivity index (χ0) is 23.1. The molecule has 1 aliphatic carbocycles. The van der Waals surface area contributed by atoms with Crippen molar-refractivity contribution in [3.8, 4) is 17.3 Å². The predicted molar refractivity (Wildman–Crippen MR) is 122 cm³/mol. The first kappa shape index (κ1) is 23.2. The summed E-state index contributed by atoms with van der Waals surface area (Å²) in [7, 11) is 0. The van der Waals surface area contributed by atoms with Crippen LogP contribution >= 0.6 is 0 Å². The predicted octanol–water partition coefficient (Wildman–Crippen LogP) is 4.78. The monoisotopic (exact) mass is 431 g/mol. The summed E-state index contributed by atoms with van der Waals surface area (Å²) in [6.45, 7) is 2.05. The molecule has 1 aromatic heterocycles. The van der Waals surface area contributed by atoms with Gasteiger partial charge in [-0.3, -0.25) is 9.78 Å². The van der Waals surface area contributed by atoms with Crippen LogP contribution in [0.3, 0.4) is 0 Å². The first-order valence-electron chi connectivity index (χ1n) is 11.1. The van der Waals surface area contributed by atoms with E-state index in [4.69, 9.17) is 5.73 Å². The molecule has 0 atom stereocenters. The van der Waals surface area contributed by atoms with E-state index in [-0.39, 0.29) is 12.0 Å². The third-order valence-corrected chi connectivity index (χ3v) is 6.44. The average Bonchev–Trinajstić information content (AvgIpc) is 3.30. The molecule has 1 amide bonds. The minimum Gasteiger partial charge on any atom is -0.478 e. The fraction of sp³-hybridized carbons (Fsp3) is 0.385. The highest BCUT2D eigenvalue weighted by Crippen LogP contribution is 2.47. The lowest BCUT2D eigenvalue weighted by Gasteiger charge is -2.31. The molecular formula is C26H29N3O3. The van der Waals surface area contributed by atoms with Gasteiger partial charge in [0.25, 0.3) is 0 Å². The van der Waals surface area contributed by atoms with Gasteiger partial charge in [-0.25, -0.2) is 4.79 Å². The number of nitrogens with zero attached hydrogens (tertiary/aromatic N) is 2. The largest absolute Gasteiger partial charge is 0.478 e. The van der Waals surface area contributed by atoms with Crippen molar-refractivity contribution in [3.63, 3.8) is 0 Å². The van der Waals surface area contributed by atoms with Gasteiger partial charge in [-0.15, -0.1) is 0 Å². The van der Waals surface area contributed by atoms with Gasteiger partial charge in [-0.1, -0.05) is 50.5 Å². The molecule has 1 aromatic carbocycles. The second-order valence-corrected chi connectivity index (χ2v) is 8.41. The minimum atomic E-state index is -1.01. The number of amides is 1. The molecule has 1 heterocycles. The fourth-order valence-corrected chi connectivity index (χ4v) is 4.72. The van der Waals surface area contributed by atoms with E-state index in [0.29, 0.717) is 36.1 Å². The Balaban J connectivity index is 2.00. The minimum absolute atomic E-state index is 0.177. The number of aliphatic carboxylic acids is 1. The van der Waals surface area contributed by atoms with Crippen LogP contribution in [-0.2, 0) is 16.0 Å². The number of hydrogen-bond donors (Lipinski definition) is 2. The molecule has 6 nitrogen and oxygen atoms in total. The number of carboxylic acids is 1. The molecule has 3 rings (SSSR count). The molecule has 32 heavy (non-hydrogen) atoms. The molecule has 0 radical (unpaired) electrons. The van der Waals surface area contributed by atoms with Crippen LogP contribution in [0.4, 0.5) is 0 Å². The van der Waals surface area contributed by atoms with Crippen LogP contribution in [0.1, 0.15) is 63.0 Å². The molecule has 166 valence electrons. The Morgan fingerprint density at radius 3 is 2.47 bits per heavy atom. The van der Waals surface area contributed by atoms with Gasteiger partial charge in [0.1, 0.15) is 0 Å². The highest BCUT2D eigenvalue weighted by molar-refractivity contribution is 5.92. The van der Waals surface area contributed by atoms with E-state index in [9.17, 15) is 20.0 Å². The summed E-state index contributed by atoms with van der Waals surface area (Å²) >= 11 is 0. The Hall–Kier alpha value is -3.46. The van der Waals surface area contributed by atoms with E-state index < -0.39 is 17.3 Å². The van der Waals surface area contributed by atoms with Gasteiger partial charge in [-0.2, -0.15) is 5.26 Å². The van der Waals surface area contributed by atoms with Gasteiger partial charge in [0, 0.05) is 23.8 Å². The van der Waals surface area contributed by atoms with Crippen molar-refractivity contribution in [2.45, 2.75) is 58.3 Å². The molecule has 0 aliphatic heterocycles. The van der Waals surface area contributed by atoms with Crippen molar-refractivity contribution < 1.29 is 14.7 Å². The Morgan fingerprint density at radius 1 is 1.19 bits per heavy atom. The van der Waals surface area contributed by atoms with Crippen LogP contribution in [-0.4, -0.2) is 22.0 Å². The van der Waals surface area contributed by atoms with Crippen LogP contribution in [0, 0.1) is 16.7 Å². The molecular weight excluding hydrogens is 402 g/mol. The van der Waals surface area contributed by atoms with Crippen molar-refractivity contribution >= 4 is 11.9 Å². The standard InChI is InChI=1S/C26H29N3O3/c1-2-3-10-22(26(25(28)32)13-6-7-14-26)21(24(30)31)15-18-11-12-23(29-17-18)20-9-5-4-8-19(20)16-27/h4-5,8-9,11-12,17H,2-3,6-7,10,13-15H2,1H3,(H2,28,32)(H,30,31)/b22-21+. The van der Waals surface area contributed by atoms with Gasteiger partial charge in [0.15, 0.2) is 0 Å². The molecule has 1 aliphatic rings. The number of unbranched alkanes of at least 4 members (excludes halogenated alkanes) is 1. The van der Waals surface area contributed by atoms with E-state index in [1.165, 1.54) is 0 Å². The molecule has 6 heteroatoms. The number of pyridine rings is 1. The zero-order valence-corrected chi connectivity index (χ0v) is 18.4. The number of primary amides is 1. The number of carbonyl (C=O) groups excluding carboxylic acids is 1.